The number of aromatic nitrogens is 1. The molecule has 94 valence electrons. The molecule has 1 unspecified atom stereocenters. The number of hydrogen-bond donors (Lipinski definition) is 2. The van der Waals surface area contributed by atoms with E-state index in [1.807, 2.05) is 14.0 Å². The van der Waals surface area contributed by atoms with Crippen LogP contribution in [0, 0.1) is 13.8 Å². The van der Waals surface area contributed by atoms with E-state index in [1.54, 1.807) is 6.20 Å². The number of aryl methyl sites for hydroxylation is 2. The van der Waals surface area contributed by atoms with Gasteiger partial charge in [-0.3, -0.25) is 0 Å². The van der Waals surface area contributed by atoms with Gasteiger partial charge in [-0.1, -0.05) is 29.8 Å². The molecule has 1 aromatic carbocycles. The van der Waals surface area contributed by atoms with Crippen LogP contribution in [0.2, 0.25) is 0 Å². The van der Waals surface area contributed by atoms with Gasteiger partial charge in [-0.2, -0.15) is 0 Å². The molecule has 1 aromatic heterocycles. The summed E-state index contributed by atoms with van der Waals surface area (Å²) in [7, 11) is 1.94. The van der Waals surface area contributed by atoms with Crippen LogP contribution in [0.15, 0.2) is 36.5 Å². The fourth-order valence-electron chi connectivity index (χ4n) is 2.09. The summed E-state index contributed by atoms with van der Waals surface area (Å²) in [6, 6.07) is 10.6. The quantitative estimate of drug-likeness (QED) is 0.868. The van der Waals surface area contributed by atoms with E-state index in [9.17, 15) is 0 Å². The SMILES string of the molecule is CNC(c1ccc(C)cc1)c1cc(C)cnc1N. The summed E-state index contributed by atoms with van der Waals surface area (Å²) in [5.41, 5.74) is 10.6. The fourth-order valence-corrected chi connectivity index (χ4v) is 2.09. The van der Waals surface area contributed by atoms with Gasteiger partial charge in [-0.15, -0.1) is 0 Å². The minimum absolute atomic E-state index is 0.0815. The monoisotopic (exact) mass is 241 g/mol. The molecule has 2 aromatic rings. The first kappa shape index (κ1) is 12.6. The summed E-state index contributed by atoms with van der Waals surface area (Å²) in [5.74, 6) is 0.584. The van der Waals surface area contributed by atoms with E-state index < -0.39 is 0 Å². The van der Waals surface area contributed by atoms with Crippen molar-refractivity contribution in [3.8, 4) is 0 Å². The molecule has 0 spiro atoms. The fraction of sp³-hybridized carbons (Fsp3) is 0.267. The van der Waals surface area contributed by atoms with Crippen LogP contribution in [0.3, 0.4) is 0 Å². The summed E-state index contributed by atoms with van der Waals surface area (Å²) in [4.78, 5) is 4.23. The van der Waals surface area contributed by atoms with Gasteiger partial charge in [0.2, 0.25) is 0 Å². The molecule has 3 heteroatoms. The summed E-state index contributed by atoms with van der Waals surface area (Å²) < 4.78 is 0. The van der Waals surface area contributed by atoms with Crippen molar-refractivity contribution in [1.82, 2.24) is 10.3 Å². The van der Waals surface area contributed by atoms with Crippen molar-refractivity contribution < 1.29 is 0 Å². The van der Waals surface area contributed by atoms with Gasteiger partial charge in [0.1, 0.15) is 5.82 Å². The molecule has 1 heterocycles. The number of nitrogens with one attached hydrogen (secondary N) is 1. The van der Waals surface area contributed by atoms with Gasteiger partial charge >= 0.3 is 0 Å². The molecule has 18 heavy (non-hydrogen) atoms. The van der Waals surface area contributed by atoms with Gasteiger partial charge in [0.15, 0.2) is 0 Å². The zero-order valence-electron chi connectivity index (χ0n) is 11.1. The van der Waals surface area contributed by atoms with E-state index in [0.717, 1.165) is 11.1 Å². The topological polar surface area (TPSA) is 50.9 Å². The Balaban J connectivity index is 2.44. The molecule has 0 amide bonds. The summed E-state index contributed by atoms with van der Waals surface area (Å²) in [6.45, 7) is 4.11. The molecule has 0 aliphatic rings. The molecular formula is C15H19N3. The predicted octanol–water partition coefficient (Wildman–Crippen LogP) is 2.59. The van der Waals surface area contributed by atoms with Gasteiger partial charge < -0.3 is 11.1 Å². The molecule has 0 fully saturated rings. The number of anilines is 1. The van der Waals surface area contributed by atoms with Crippen molar-refractivity contribution in [2.75, 3.05) is 12.8 Å². The van der Waals surface area contributed by atoms with Crippen LogP contribution in [0.25, 0.3) is 0 Å². The largest absolute Gasteiger partial charge is 0.383 e. The maximum atomic E-state index is 5.98. The maximum Gasteiger partial charge on any atom is 0.128 e. The van der Waals surface area contributed by atoms with E-state index in [2.05, 4.69) is 47.6 Å². The van der Waals surface area contributed by atoms with Crippen LogP contribution in [-0.4, -0.2) is 12.0 Å². The number of pyridine rings is 1. The number of benzene rings is 1. The second-order valence-corrected chi connectivity index (χ2v) is 4.62. The molecule has 0 saturated heterocycles. The lowest BCUT2D eigenvalue weighted by atomic mass is 9.97. The van der Waals surface area contributed by atoms with Crippen LogP contribution < -0.4 is 11.1 Å². The van der Waals surface area contributed by atoms with Gasteiger partial charge in [0, 0.05) is 11.8 Å². The Morgan fingerprint density at radius 1 is 1.11 bits per heavy atom. The van der Waals surface area contributed by atoms with E-state index in [1.165, 1.54) is 11.1 Å². The molecule has 0 saturated carbocycles. The zero-order valence-corrected chi connectivity index (χ0v) is 11.1. The van der Waals surface area contributed by atoms with Gasteiger partial charge in [-0.05, 0) is 38.1 Å². The highest BCUT2D eigenvalue weighted by molar-refractivity contribution is 5.47. The number of hydrogen-bond acceptors (Lipinski definition) is 3. The third-order valence-electron chi connectivity index (χ3n) is 3.10. The standard InChI is InChI=1S/C15H19N3/c1-10-4-6-12(7-5-10)14(17-3)13-8-11(2)9-18-15(13)16/h4-9,14,17H,1-3H3,(H2,16,18). The molecular weight excluding hydrogens is 222 g/mol. The van der Waals surface area contributed by atoms with E-state index in [-0.39, 0.29) is 6.04 Å². The third-order valence-corrected chi connectivity index (χ3v) is 3.10. The highest BCUT2D eigenvalue weighted by Gasteiger charge is 2.15. The lowest BCUT2D eigenvalue weighted by molar-refractivity contribution is 0.690. The number of nitrogens with two attached hydrogens (primary N) is 1. The normalized spacial score (nSPS) is 12.4. The van der Waals surface area contributed by atoms with Crippen LogP contribution >= 0.6 is 0 Å². The van der Waals surface area contributed by atoms with Crippen molar-refractivity contribution >= 4 is 5.82 Å². The summed E-state index contributed by atoms with van der Waals surface area (Å²) in [5, 5.41) is 3.30. The second kappa shape index (κ2) is 5.19. The number of rotatable bonds is 3. The molecule has 0 aliphatic heterocycles. The minimum atomic E-state index is 0.0815. The summed E-state index contributed by atoms with van der Waals surface area (Å²) in [6.07, 6.45) is 1.79. The highest BCUT2D eigenvalue weighted by Crippen LogP contribution is 2.26. The zero-order chi connectivity index (χ0) is 13.1. The molecule has 3 nitrogen and oxygen atoms in total. The Labute approximate surface area is 108 Å². The maximum absolute atomic E-state index is 5.98. The molecule has 0 bridgehead atoms. The lowest BCUT2D eigenvalue weighted by Crippen LogP contribution is -2.19. The molecule has 0 aliphatic carbocycles. The number of nitrogen functional groups attached to an aromatic ring is 1. The van der Waals surface area contributed by atoms with E-state index in [0.29, 0.717) is 5.82 Å². The van der Waals surface area contributed by atoms with Crippen molar-refractivity contribution in [2.24, 2.45) is 0 Å². The van der Waals surface area contributed by atoms with Gasteiger partial charge in [-0.25, -0.2) is 4.98 Å². The Hall–Kier alpha value is -1.87. The van der Waals surface area contributed by atoms with Crippen LogP contribution in [0.1, 0.15) is 28.3 Å². The molecule has 3 N–H and O–H groups in total. The van der Waals surface area contributed by atoms with Crippen molar-refractivity contribution in [2.45, 2.75) is 19.9 Å². The summed E-state index contributed by atoms with van der Waals surface area (Å²) >= 11 is 0. The van der Waals surface area contributed by atoms with Crippen molar-refractivity contribution in [1.29, 1.82) is 0 Å². The predicted molar refractivity (Wildman–Crippen MR) is 75.5 cm³/mol. The molecule has 2 rings (SSSR count). The van der Waals surface area contributed by atoms with Crippen LogP contribution in [0.4, 0.5) is 5.82 Å². The Bertz CT molecular complexity index is 532. The van der Waals surface area contributed by atoms with Crippen LogP contribution in [0.5, 0.6) is 0 Å². The minimum Gasteiger partial charge on any atom is -0.383 e. The van der Waals surface area contributed by atoms with E-state index in [4.69, 9.17) is 5.73 Å². The third kappa shape index (κ3) is 2.51. The Morgan fingerprint density at radius 3 is 2.39 bits per heavy atom. The highest BCUT2D eigenvalue weighted by atomic mass is 14.9. The lowest BCUT2D eigenvalue weighted by Gasteiger charge is -2.19. The average molecular weight is 241 g/mol. The van der Waals surface area contributed by atoms with Crippen LogP contribution in [-0.2, 0) is 0 Å². The first-order chi connectivity index (χ1) is 8.61. The Morgan fingerprint density at radius 2 is 1.78 bits per heavy atom. The molecule has 0 radical (unpaired) electrons. The first-order valence-electron chi connectivity index (χ1n) is 6.07. The Kier molecular flexibility index (Phi) is 3.63. The smallest absolute Gasteiger partial charge is 0.128 e. The van der Waals surface area contributed by atoms with Crippen molar-refractivity contribution in [3.05, 3.63) is 58.8 Å². The second-order valence-electron chi connectivity index (χ2n) is 4.62. The van der Waals surface area contributed by atoms with Crippen molar-refractivity contribution in [3.63, 3.8) is 0 Å². The van der Waals surface area contributed by atoms with Gasteiger partial charge in [0.25, 0.3) is 0 Å². The van der Waals surface area contributed by atoms with Gasteiger partial charge in [0.05, 0.1) is 6.04 Å². The average Bonchev–Trinajstić information content (AvgIpc) is 2.37. The van der Waals surface area contributed by atoms with E-state index >= 15 is 0 Å². The first-order valence-corrected chi connectivity index (χ1v) is 6.07. The number of nitrogens with zero attached hydrogens (tertiary/aromatic N) is 1. The molecule has 1 atom stereocenters.